The first-order valence-electron chi connectivity index (χ1n) is 7.48. The van der Waals surface area contributed by atoms with Gasteiger partial charge in [-0.2, -0.15) is 5.26 Å². The van der Waals surface area contributed by atoms with Crippen molar-refractivity contribution in [2.75, 3.05) is 26.4 Å². The van der Waals surface area contributed by atoms with E-state index in [4.69, 9.17) is 29.3 Å². The van der Waals surface area contributed by atoms with E-state index in [1.165, 1.54) is 0 Å². The van der Waals surface area contributed by atoms with Crippen LogP contribution >= 0.6 is 12.4 Å². The Hall–Kier alpha value is -0.990. The number of aliphatic carboxylic acids is 1. The van der Waals surface area contributed by atoms with Crippen molar-refractivity contribution in [3.05, 3.63) is 0 Å². The van der Waals surface area contributed by atoms with Crippen LogP contribution in [0.15, 0.2) is 0 Å². The minimum Gasteiger partial charge on any atom is -0.481 e. The van der Waals surface area contributed by atoms with Gasteiger partial charge in [-0.05, 0) is 0 Å². The van der Waals surface area contributed by atoms with Crippen molar-refractivity contribution in [2.45, 2.75) is 44.1 Å². The second kappa shape index (κ2) is 9.09. The Balaban J connectivity index is 0.000000432. The number of ether oxygens (including phenoxy) is 4. The van der Waals surface area contributed by atoms with Gasteiger partial charge in [0.25, 0.3) is 0 Å². The Morgan fingerprint density at radius 2 is 1.40 bits per heavy atom. The summed E-state index contributed by atoms with van der Waals surface area (Å²) in [4.78, 5) is 10.6. The van der Waals surface area contributed by atoms with Crippen LogP contribution in [0.4, 0.5) is 0 Å². The van der Waals surface area contributed by atoms with Crippen LogP contribution < -0.4 is 0 Å². The number of carboxylic acid groups (broad SMARTS) is 1. The minimum atomic E-state index is -0.920. The summed E-state index contributed by atoms with van der Waals surface area (Å²) in [5, 5.41) is 35.8. The number of nitriles is 1. The molecule has 0 radical (unpaired) electrons. The van der Waals surface area contributed by atoms with Crippen molar-refractivity contribution >= 4 is 18.4 Å². The molecule has 8 atom stereocenters. The standard InChI is InChI=1S/C7H9NO3.C7H10O5.CH4.ClH.H2/c8-1-4-2-10-7-5(9)3-11-6(4)7;8-4-2-12-5-3(7(9)10)1-11-6(4)5;;;/h4-7,9H,2-3H2;3-6,8H,1-2H2,(H,9,10);1H4;2*1H/t4-,5+,6+,7+;3-,4+,5+,6+;;;/m00.../s1/i;;;;1+1. The number of hydrogen-bond donors (Lipinski definition) is 3. The Kier molecular flexibility index (Phi) is 8.02. The molecule has 0 bridgehead atoms. The van der Waals surface area contributed by atoms with Gasteiger partial charge in [0.1, 0.15) is 42.5 Å². The third kappa shape index (κ3) is 4.23. The molecule has 0 saturated carbocycles. The molecule has 0 amide bonds. The molecule has 4 heterocycles. The fourth-order valence-corrected chi connectivity index (χ4v) is 3.28. The van der Waals surface area contributed by atoms with Gasteiger partial charge in [0.2, 0.25) is 0 Å². The van der Waals surface area contributed by atoms with Gasteiger partial charge in [0.15, 0.2) is 0 Å². The zero-order chi connectivity index (χ0) is 16.6. The van der Waals surface area contributed by atoms with Crippen LogP contribution in [0.2, 0.25) is 0 Å². The van der Waals surface area contributed by atoms with Crippen molar-refractivity contribution in [1.82, 2.24) is 0 Å². The van der Waals surface area contributed by atoms with Crippen LogP contribution in [-0.4, -0.2) is 84.3 Å². The fraction of sp³-hybridized carbons (Fsp3) is 0.867. The molecule has 0 aromatic carbocycles. The van der Waals surface area contributed by atoms with E-state index in [-0.39, 0.29) is 52.6 Å². The van der Waals surface area contributed by atoms with Crippen LogP contribution in [0.3, 0.4) is 0 Å². The van der Waals surface area contributed by atoms with Crippen molar-refractivity contribution in [2.24, 2.45) is 11.8 Å². The van der Waals surface area contributed by atoms with E-state index in [1.54, 1.807) is 0 Å². The smallest absolute Gasteiger partial charge is 0.311 e. The lowest BCUT2D eigenvalue weighted by Gasteiger charge is -2.10. The molecule has 0 unspecified atom stereocenters. The van der Waals surface area contributed by atoms with E-state index in [1.807, 2.05) is 0 Å². The lowest BCUT2D eigenvalue weighted by molar-refractivity contribution is -0.144. The van der Waals surface area contributed by atoms with E-state index in [0.717, 1.165) is 0 Å². The molecule has 4 fully saturated rings. The van der Waals surface area contributed by atoms with Gasteiger partial charge in [-0.15, -0.1) is 12.4 Å². The first-order chi connectivity index (χ1) is 11.0. The number of fused-ring (bicyclic) bond motifs is 2. The summed E-state index contributed by atoms with van der Waals surface area (Å²) in [7, 11) is 0. The molecular formula is C15H26ClNO8. The summed E-state index contributed by atoms with van der Waals surface area (Å²) < 4.78 is 20.6. The molecule has 25 heavy (non-hydrogen) atoms. The van der Waals surface area contributed by atoms with E-state index in [9.17, 15) is 15.0 Å². The van der Waals surface area contributed by atoms with Crippen molar-refractivity contribution < 1.29 is 40.5 Å². The molecule has 0 spiro atoms. The number of carbonyl (C=O) groups is 1. The molecule has 4 aliphatic rings. The van der Waals surface area contributed by atoms with Crippen LogP contribution in [0.25, 0.3) is 0 Å². The number of carboxylic acids is 1. The van der Waals surface area contributed by atoms with Crippen molar-refractivity contribution in [1.29, 1.82) is 5.26 Å². The van der Waals surface area contributed by atoms with Gasteiger partial charge < -0.3 is 34.3 Å². The Bertz CT molecular complexity index is 507. The second-order valence-corrected chi connectivity index (χ2v) is 6.01. The normalized spacial score (nSPS) is 43.6. The highest BCUT2D eigenvalue weighted by Crippen LogP contribution is 2.31. The summed E-state index contributed by atoms with van der Waals surface area (Å²) in [6, 6.07) is 2.09. The lowest BCUT2D eigenvalue weighted by atomic mass is 10.0. The average molecular weight is 385 g/mol. The molecule has 4 saturated heterocycles. The van der Waals surface area contributed by atoms with E-state index < -0.39 is 36.3 Å². The van der Waals surface area contributed by atoms with Gasteiger partial charge >= 0.3 is 5.97 Å². The SMILES string of the molecule is C.Cl.N#C[C@H]1CO[C@H]2[C@@H]1OC[C@H]2O.O=C(O)[C@H]1CO[C@H]2[C@@H]1OC[C@H]2O.[2HH]. The minimum absolute atomic E-state index is 0. The maximum atomic E-state index is 10.6. The lowest BCUT2D eigenvalue weighted by Crippen LogP contribution is -2.31. The molecule has 9 nitrogen and oxygen atoms in total. The largest absolute Gasteiger partial charge is 0.481 e. The Labute approximate surface area is 153 Å². The van der Waals surface area contributed by atoms with Gasteiger partial charge in [0.05, 0.1) is 38.4 Å². The van der Waals surface area contributed by atoms with E-state index in [2.05, 4.69) is 6.07 Å². The maximum Gasteiger partial charge on any atom is 0.311 e. The first-order valence-corrected chi connectivity index (χ1v) is 7.48. The molecule has 0 aromatic heterocycles. The Morgan fingerprint density at radius 3 is 1.96 bits per heavy atom. The number of aliphatic hydroxyl groups excluding tert-OH is 2. The van der Waals surface area contributed by atoms with Crippen LogP contribution in [0.1, 0.15) is 8.85 Å². The van der Waals surface area contributed by atoms with Gasteiger partial charge in [-0.3, -0.25) is 4.79 Å². The van der Waals surface area contributed by atoms with Crippen LogP contribution in [-0.2, 0) is 23.7 Å². The zero-order valence-corrected chi connectivity index (χ0v) is 13.5. The molecule has 4 rings (SSSR count). The molecule has 10 heteroatoms. The van der Waals surface area contributed by atoms with Crippen molar-refractivity contribution in [3.63, 3.8) is 0 Å². The second-order valence-electron chi connectivity index (χ2n) is 6.01. The summed E-state index contributed by atoms with van der Waals surface area (Å²) in [5.74, 6) is -1.74. The monoisotopic (exact) mass is 384 g/mol. The molecule has 4 aliphatic heterocycles. The van der Waals surface area contributed by atoms with E-state index in [0.29, 0.717) is 13.2 Å². The Morgan fingerprint density at radius 1 is 0.920 bits per heavy atom. The predicted octanol–water partition coefficient (Wildman–Crippen LogP) is -0.566. The number of halogens is 1. The third-order valence-electron chi connectivity index (χ3n) is 4.54. The highest BCUT2D eigenvalue weighted by atomic mass is 35.5. The summed E-state index contributed by atoms with van der Waals surface area (Å²) in [5.41, 5.74) is 0. The van der Waals surface area contributed by atoms with E-state index >= 15 is 0 Å². The highest BCUT2D eigenvalue weighted by molar-refractivity contribution is 5.85. The van der Waals surface area contributed by atoms with Gasteiger partial charge in [-0.25, -0.2) is 0 Å². The summed E-state index contributed by atoms with van der Waals surface area (Å²) >= 11 is 0. The summed E-state index contributed by atoms with van der Waals surface area (Å²) in [6.07, 6.45) is -2.57. The van der Waals surface area contributed by atoms with Crippen LogP contribution in [0, 0.1) is 23.2 Å². The number of nitrogens with zero attached hydrogens (tertiary/aromatic N) is 1. The molecular weight excluding hydrogens is 358 g/mol. The fourth-order valence-electron chi connectivity index (χ4n) is 3.28. The average Bonchev–Trinajstić information content (AvgIpc) is 3.25. The topological polar surface area (TPSA) is 138 Å². The van der Waals surface area contributed by atoms with Crippen molar-refractivity contribution in [3.8, 4) is 6.07 Å². The number of hydrogen-bond acceptors (Lipinski definition) is 8. The summed E-state index contributed by atoms with van der Waals surface area (Å²) in [6.45, 7) is 1.01. The van der Waals surface area contributed by atoms with Crippen LogP contribution in [0.5, 0.6) is 0 Å². The van der Waals surface area contributed by atoms with Gasteiger partial charge in [-0.1, -0.05) is 7.43 Å². The number of rotatable bonds is 1. The predicted molar refractivity (Wildman–Crippen MR) is 87.3 cm³/mol. The molecule has 0 aliphatic carbocycles. The molecule has 0 aromatic rings. The third-order valence-corrected chi connectivity index (χ3v) is 4.54. The molecule has 3 N–H and O–H groups in total. The number of aliphatic hydroxyl groups is 2. The first kappa shape index (κ1) is 22.1. The molecule has 146 valence electrons. The highest BCUT2D eigenvalue weighted by Gasteiger charge is 2.50. The zero-order valence-electron chi connectivity index (χ0n) is 12.7. The van der Waals surface area contributed by atoms with Gasteiger partial charge in [0, 0.05) is 1.43 Å². The maximum absolute atomic E-state index is 10.6. The quantitative estimate of drug-likeness (QED) is 0.542.